The molecule has 0 fully saturated rings. The van der Waals surface area contributed by atoms with Crippen LogP contribution in [-0.4, -0.2) is 21.7 Å². The number of rotatable bonds is 3. The van der Waals surface area contributed by atoms with E-state index in [0.29, 0.717) is 0 Å². The lowest BCUT2D eigenvalue weighted by Crippen LogP contribution is -2.39. The summed E-state index contributed by atoms with van der Waals surface area (Å²) >= 11 is 0. The molecule has 0 amide bonds. The van der Waals surface area contributed by atoms with Crippen molar-refractivity contribution in [1.82, 2.24) is 4.98 Å². The van der Waals surface area contributed by atoms with Crippen molar-refractivity contribution in [3.05, 3.63) is 24.1 Å². The van der Waals surface area contributed by atoms with Crippen molar-refractivity contribution >= 4 is 5.82 Å². The lowest BCUT2D eigenvalue weighted by atomic mass is 10.0. The molecule has 0 aromatic carbocycles. The Morgan fingerprint density at radius 1 is 1.57 bits per heavy atom. The average molecular weight is 198 g/mol. The number of nitrogens with one attached hydrogen (secondary N) is 1. The van der Waals surface area contributed by atoms with Crippen LogP contribution in [0.2, 0.25) is 0 Å². The van der Waals surface area contributed by atoms with Crippen LogP contribution in [0.25, 0.3) is 0 Å². The molecule has 2 N–H and O–H groups in total. The van der Waals surface area contributed by atoms with Gasteiger partial charge in [0.05, 0.1) is 11.6 Å². The number of halogens is 1. The topological polar surface area (TPSA) is 45.2 Å². The number of nitrogens with zero attached hydrogens (tertiary/aromatic N) is 1. The van der Waals surface area contributed by atoms with Crippen molar-refractivity contribution in [1.29, 1.82) is 0 Å². The molecule has 78 valence electrons. The second kappa shape index (κ2) is 3.92. The predicted molar refractivity (Wildman–Crippen MR) is 53.6 cm³/mol. The molecule has 0 saturated heterocycles. The van der Waals surface area contributed by atoms with E-state index in [0.717, 1.165) is 0 Å². The third-order valence-electron chi connectivity index (χ3n) is 2.17. The molecule has 3 nitrogen and oxygen atoms in total. The standard InChI is InChI=1S/C10H15FN2O/c1-7(10(2,3)14)13-9-8(11)5-4-6-12-9/h4-7,14H,1-3H3,(H,12,13). The molecule has 4 heteroatoms. The number of pyridine rings is 1. The normalized spacial score (nSPS) is 13.8. The maximum Gasteiger partial charge on any atom is 0.165 e. The minimum Gasteiger partial charge on any atom is -0.388 e. The Balaban J connectivity index is 2.75. The highest BCUT2D eigenvalue weighted by atomic mass is 19.1. The van der Waals surface area contributed by atoms with Crippen LogP contribution in [0.15, 0.2) is 18.3 Å². The minimum atomic E-state index is -0.913. The van der Waals surface area contributed by atoms with Crippen LogP contribution in [0, 0.1) is 5.82 Å². The van der Waals surface area contributed by atoms with Crippen molar-refractivity contribution in [3.63, 3.8) is 0 Å². The van der Waals surface area contributed by atoms with Gasteiger partial charge in [-0.3, -0.25) is 0 Å². The maximum atomic E-state index is 13.1. The first-order valence-electron chi connectivity index (χ1n) is 4.50. The van der Waals surface area contributed by atoms with Gasteiger partial charge in [-0.2, -0.15) is 0 Å². The zero-order valence-electron chi connectivity index (χ0n) is 8.58. The Kier molecular flexibility index (Phi) is 3.06. The van der Waals surface area contributed by atoms with Gasteiger partial charge in [0.2, 0.25) is 0 Å². The lowest BCUT2D eigenvalue weighted by Gasteiger charge is -2.27. The molecular formula is C10H15FN2O. The van der Waals surface area contributed by atoms with Crippen LogP contribution >= 0.6 is 0 Å². The molecule has 14 heavy (non-hydrogen) atoms. The van der Waals surface area contributed by atoms with E-state index < -0.39 is 11.4 Å². The number of aromatic nitrogens is 1. The molecule has 1 rings (SSSR count). The first-order chi connectivity index (χ1) is 6.41. The molecule has 0 radical (unpaired) electrons. The molecule has 1 aromatic rings. The Morgan fingerprint density at radius 2 is 2.21 bits per heavy atom. The molecule has 0 saturated carbocycles. The van der Waals surface area contributed by atoms with Crippen LogP contribution < -0.4 is 5.32 Å². The maximum absolute atomic E-state index is 13.1. The van der Waals surface area contributed by atoms with Crippen LogP contribution in [0.3, 0.4) is 0 Å². The van der Waals surface area contributed by atoms with E-state index in [2.05, 4.69) is 10.3 Å². The van der Waals surface area contributed by atoms with Gasteiger partial charge in [0, 0.05) is 6.20 Å². The van der Waals surface area contributed by atoms with E-state index in [9.17, 15) is 9.50 Å². The van der Waals surface area contributed by atoms with Crippen LogP contribution in [0.1, 0.15) is 20.8 Å². The van der Waals surface area contributed by atoms with Crippen molar-refractivity contribution in [2.24, 2.45) is 0 Å². The fraction of sp³-hybridized carbons (Fsp3) is 0.500. The number of anilines is 1. The fourth-order valence-corrected chi connectivity index (χ4v) is 0.874. The smallest absolute Gasteiger partial charge is 0.165 e. The molecule has 1 unspecified atom stereocenters. The Bertz CT molecular complexity index is 309. The predicted octanol–water partition coefficient (Wildman–Crippen LogP) is 1.79. The largest absolute Gasteiger partial charge is 0.388 e. The zero-order valence-corrected chi connectivity index (χ0v) is 8.58. The molecule has 1 heterocycles. The lowest BCUT2D eigenvalue weighted by molar-refractivity contribution is 0.0647. The fourth-order valence-electron chi connectivity index (χ4n) is 0.874. The van der Waals surface area contributed by atoms with E-state index in [1.807, 2.05) is 0 Å². The Morgan fingerprint density at radius 3 is 2.71 bits per heavy atom. The summed E-state index contributed by atoms with van der Waals surface area (Å²) in [6.07, 6.45) is 1.50. The van der Waals surface area contributed by atoms with E-state index in [4.69, 9.17) is 0 Å². The van der Waals surface area contributed by atoms with Crippen molar-refractivity contribution in [3.8, 4) is 0 Å². The van der Waals surface area contributed by atoms with Gasteiger partial charge in [0.1, 0.15) is 0 Å². The summed E-state index contributed by atoms with van der Waals surface area (Å²) in [5, 5.41) is 12.4. The van der Waals surface area contributed by atoms with Gasteiger partial charge in [0.15, 0.2) is 11.6 Å². The molecule has 0 aliphatic carbocycles. The summed E-state index contributed by atoms with van der Waals surface area (Å²) < 4.78 is 13.1. The molecular weight excluding hydrogens is 183 g/mol. The van der Waals surface area contributed by atoms with E-state index >= 15 is 0 Å². The first-order valence-corrected chi connectivity index (χ1v) is 4.50. The second-order valence-electron chi connectivity index (χ2n) is 3.85. The zero-order chi connectivity index (χ0) is 10.8. The van der Waals surface area contributed by atoms with Crippen molar-refractivity contribution in [2.45, 2.75) is 32.4 Å². The summed E-state index contributed by atoms with van der Waals surface area (Å²) in [6, 6.07) is 2.58. The quantitative estimate of drug-likeness (QED) is 0.778. The van der Waals surface area contributed by atoms with Gasteiger partial charge in [0.25, 0.3) is 0 Å². The average Bonchev–Trinajstić information content (AvgIpc) is 2.07. The van der Waals surface area contributed by atoms with Crippen molar-refractivity contribution in [2.75, 3.05) is 5.32 Å². The number of aliphatic hydroxyl groups is 1. The Labute approximate surface area is 83.0 Å². The summed E-state index contributed by atoms with van der Waals surface area (Å²) in [7, 11) is 0. The minimum absolute atomic E-state index is 0.169. The van der Waals surface area contributed by atoms with Gasteiger partial charge in [-0.25, -0.2) is 9.37 Å². The number of hydrogen-bond acceptors (Lipinski definition) is 3. The molecule has 0 aliphatic rings. The Hall–Kier alpha value is -1.16. The molecule has 0 spiro atoms. The van der Waals surface area contributed by atoms with Gasteiger partial charge >= 0.3 is 0 Å². The van der Waals surface area contributed by atoms with Gasteiger partial charge in [-0.15, -0.1) is 0 Å². The van der Waals surface area contributed by atoms with Crippen LogP contribution in [0.4, 0.5) is 10.2 Å². The van der Waals surface area contributed by atoms with Crippen LogP contribution in [-0.2, 0) is 0 Å². The third-order valence-corrected chi connectivity index (χ3v) is 2.17. The van der Waals surface area contributed by atoms with Gasteiger partial charge in [-0.1, -0.05) is 0 Å². The SMILES string of the molecule is CC(Nc1ncccc1F)C(C)(C)O. The summed E-state index contributed by atoms with van der Waals surface area (Å²) in [6.45, 7) is 5.09. The highest BCUT2D eigenvalue weighted by Gasteiger charge is 2.23. The molecule has 1 aromatic heterocycles. The van der Waals surface area contributed by atoms with E-state index in [1.54, 1.807) is 20.8 Å². The van der Waals surface area contributed by atoms with E-state index in [1.165, 1.54) is 18.3 Å². The second-order valence-corrected chi connectivity index (χ2v) is 3.85. The van der Waals surface area contributed by atoms with Gasteiger partial charge in [-0.05, 0) is 32.9 Å². The molecule has 0 aliphatic heterocycles. The third kappa shape index (κ3) is 2.67. The van der Waals surface area contributed by atoms with E-state index in [-0.39, 0.29) is 11.9 Å². The molecule has 0 bridgehead atoms. The highest BCUT2D eigenvalue weighted by Crippen LogP contribution is 2.15. The number of hydrogen-bond donors (Lipinski definition) is 2. The van der Waals surface area contributed by atoms with Crippen molar-refractivity contribution < 1.29 is 9.50 Å². The van der Waals surface area contributed by atoms with Gasteiger partial charge < -0.3 is 10.4 Å². The monoisotopic (exact) mass is 198 g/mol. The molecule has 1 atom stereocenters. The summed E-state index contributed by atoms with van der Waals surface area (Å²) in [5.41, 5.74) is -0.913. The first kappa shape index (κ1) is 10.9. The summed E-state index contributed by atoms with van der Waals surface area (Å²) in [4.78, 5) is 3.83. The highest BCUT2D eigenvalue weighted by molar-refractivity contribution is 5.37. The van der Waals surface area contributed by atoms with Crippen LogP contribution in [0.5, 0.6) is 0 Å². The summed E-state index contributed by atoms with van der Waals surface area (Å²) in [5.74, 6) is -0.245.